The van der Waals surface area contributed by atoms with Crippen LogP contribution in [0.5, 0.6) is 0 Å². The van der Waals surface area contributed by atoms with Gasteiger partial charge >= 0.3 is 0 Å². The molecule has 1 rings (SSSR count). The number of rotatable bonds is 3. The second-order valence-corrected chi connectivity index (χ2v) is 5.19. The molecule has 0 spiro atoms. The van der Waals surface area contributed by atoms with E-state index in [1.54, 1.807) is 0 Å². The van der Waals surface area contributed by atoms with Crippen LogP contribution in [-0.4, -0.2) is 27.0 Å². The minimum atomic E-state index is -3.78. The topological polar surface area (TPSA) is 103 Å². The van der Waals surface area contributed by atoms with E-state index in [0.29, 0.717) is 0 Å². The summed E-state index contributed by atoms with van der Waals surface area (Å²) in [7, 11) is -3.78. The average molecular weight is 283 g/mol. The number of nitrogen functional groups attached to an aromatic ring is 1. The summed E-state index contributed by atoms with van der Waals surface area (Å²) < 4.78 is 36.2. The molecule has 4 N–H and O–H groups in total. The summed E-state index contributed by atoms with van der Waals surface area (Å²) in [4.78, 5) is 10.9. The molecule has 1 aromatic rings. The fraction of sp³-hybridized carbons (Fsp3) is 0.222. The highest BCUT2D eigenvalue weighted by atomic mass is 35.5. The molecule has 0 radical (unpaired) electrons. The molecule has 8 heteroatoms. The first-order chi connectivity index (χ1) is 7.29. The number of hydrogen-bond acceptors (Lipinski definition) is 5. The Labute approximate surface area is 104 Å². The molecule has 0 saturated heterocycles. The van der Waals surface area contributed by atoms with E-state index < -0.39 is 38.4 Å². The lowest BCUT2D eigenvalue weighted by Crippen LogP contribution is -2.20. The molecule has 1 aromatic carbocycles. The normalized spacial score (nSPS) is 10.8. The van der Waals surface area contributed by atoms with Gasteiger partial charge in [-0.1, -0.05) is 0 Å². The van der Waals surface area contributed by atoms with E-state index in [1.807, 2.05) is 0 Å². The highest BCUT2D eigenvalue weighted by Crippen LogP contribution is 2.25. The number of sulfone groups is 1. The molecule has 0 aromatic heterocycles. The van der Waals surface area contributed by atoms with Gasteiger partial charge in [-0.3, -0.25) is 4.79 Å². The summed E-state index contributed by atoms with van der Waals surface area (Å²) >= 11 is 0. The highest BCUT2D eigenvalue weighted by Gasteiger charge is 2.24. The molecule has 0 aliphatic carbocycles. The first-order valence-corrected chi connectivity index (χ1v) is 6.19. The van der Waals surface area contributed by atoms with Crippen LogP contribution >= 0.6 is 12.4 Å². The monoisotopic (exact) mass is 282 g/mol. The number of nitrogens with two attached hydrogens (primary N) is 2. The molecule has 5 nitrogen and oxygen atoms in total. The van der Waals surface area contributed by atoms with Crippen LogP contribution in [0.15, 0.2) is 17.0 Å². The van der Waals surface area contributed by atoms with Crippen LogP contribution in [0.4, 0.5) is 10.1 Å². The largest absolute Gasteiger partial charge is 0.398 e. The van der Waals surface area contributed by atoms with E-state index in [0.717, 1.165) is 18.4 Å². The molecule has 0 aliphatic heterocycles. The van der Waals surface area contributed by atoms with Gasteiger partial charge in [0.1, 0.15) is 10.7 Å². The lowest BCUT2D eigenvalue weighted by atomic mass is 10.1. The van der Waals surface area contributed by atoms with Crippen LogP contribution in [0.3, 0.4) is 0 Å². The van der Waals surface area contributed by atoms with Crippen molar-refractivity contribution in [3.8, 4) is 0 Å². The maximum absolute atomic E-state index is 13.4. The number of ketones is 1. The van der Waals surface area contributed by atoms with Crippen LogP contribution in [0.1, 0.15) is 10.4 Å². The first kappa shape index (κ1) is 15.8. The summed E-state index contributed by atoms with van der Waals surface area (Å²) in [6, 6.07) is 2.03. The molecular formula is C9H12ClFN2O3S. The average Bonchev–Trinajstić information content (AvgIpc) is 2.18. The quantitative estimate of drug-likeness (QED) is 0.616. The van der Waals surface area contributed by atoms with E-state index in [-0.39, 0.29) is 18.1 Å². The second kappa shape index (κ2) is 5.44. The third-order valence-corrected chi connectivity index (χ3v) is 3.15. The first-order valence-electron chi connectivity index (χ1n) is 4.30. The fourth-order valence-corrected chi connectivity index (χ4v) is 2.41. The molecule has 17 heavy (non-hydrogen) atoms. The van der Waals surface area contributed by atoms with Gasteiger partial charge in [0.15, 0.2) is 15.6 Å². The number of carbonyl (C=O) groups is 1. The summed E-state index contributed by atoms with van der Waals surface area (Å²) in [5, 5.41) is 0. The van der Waals surface area contributed by atoms with Crippen molar-refractivity contribution in [1.82, 2.24) is 0 Å². The SMILES string of the molecule is CS(=O)(=O)c1c(N)ccc(F)c1C(=O)CN.Cl. The van der Waals surface area contributed by atoms with Crippen LogP contribution in [0, 0.1) is 5.82 Å². The molecule has 0 amide bonds. The molecule has 0 saturated carbocycles. The van der Waals surface area contributed by atoms with Crippen LogP contribution in [-0.2, 0) is 9.84 Å². The van der Waals surface area contributed by atoms with Crippen LogP contribution < -0.4 is 11.5 Å². The van der Waals surface area contributed by atoms with E-state index in [1.165, 1.54) is 0 Å². The van der Waals surface area contributed by atoms with Gasteiger partial charge in [0.2, 0.25) is 0 Å². The minimum absolute atomic E-state index is 0. The highest BCUT2D eigenvalue weighted by molar-refractivity contribution is 7.91. The summed E-state index contributed by atoms with van der Waals surface area (Å²) in [6.07, 6.45) is 0.853. The Hall–Kier alpha value is -1.18. The lowest BCUT2D eigenvalue weighted by molar-refractivity contribution is 0.0994. The maximum Gasteiger partial charge on any atom is 0.180 e. The zero-order valence-corrected chi connectivity index (χ0v) is 10.6. The van der Waals surface area contributed by atoms with Gasteiger partial charge in [-0.15, -0.1) is 12.4 Å². The van der Waals surface area contributed by atoms with Crippen molar-refractivity contribution in [2.75, 3.05) is 18.5 Å². The zero-order valence-electron chi connectivity index (χ0n) is 8.94. The molecular weight excluding hydrogens is 271 g/mol. The van der Waals surface area contributed by atoms with Crippen molar-refractivity contribution in [3.05, 3.63) is 23.5 Å². The van der Waals surface area contributed by atoms with Crippen molar-refractivity contribution >= 4 is 33.7 Å². The predicted octanol–water partition coefficient (Wildman–Crippen LogP) is 0.375. The Morgan fingerprint density at radius 2 is 1.94 bits per heavy atom. The Bertz CT molecular complexity index is 545. The second-order valence-electron chi connectivity index (χ2n) is 3.24. The fourth-order valence-electron chi connectivity index (χ4n) is 1.34. The van der Waals surface area contributed by atoms with Crippen molar-refractivity contribution in [3.63, 3.8) is 0 Å². The van der Waals surface area contributed by atoms with Crippen LogP contribution in [0.25, 0.3) is 0 Å². The number of hydrogen-bond donors (Lipinski definition) is 2. The van der Waals surface area contributed by atoms with Crippen molar-refractivity contribution in [2.24, 2.45) is 5.73 Å². The van der Waals surface area contributed by atoms with Gasteiger partial charge in [0, 0.05) is 6.26 Å². The third-order valence-electron chi connectivity index (χ3n) is 1.97. The number of carbonyl (C=O) groups excluding carboxylic acids is 1. The Balaban J connectivity index is 0.00000256. The number of benzene rings is 1. The van der Waals surface area contributed by atoms with E-state index in [9.17, 15) is 17.6 Å². The van der Waals surface area contributed by atoms with Gasteiger partial charge in [0.25, 0.3) is 0 Å². The van der Waals surface area contributed by atoms with Crippen molar-refractivity contribution < 1.29 is 17.6 Å². The van der Waals surface area contributed by atoms with Gasteiger partial charge < -0.3 is 11.5 Å². The van der Waals surface area contributed by atoms with Crippen molar-refractivity contribution in [2.45, 2.75) is 4.90 Å². The van der Waals surface area contributed by atoms with Crippen LogP contribution in [0.2, 0.25) is 0 Å². The summed E-state index contributed by atoms with van der Waals surface area (Å²) in [6.45, 7) is -0.483. The van der Waals surface area contributed by atoms with E-state index in [4.69, 9.17) is 11.5 Å². The van der Waals surface area contributed by atoms with Crippen molar-refractivity contribution in [1.29, 1.82) is 0 Å². The molecule has 0 atom stereocenters. The Kier molecular flexibility index (Phi) is 5.06. The minimum Gasteiger partial charge on any atom is -0.398 e. The van der Waals surface area contributed by atoms with E-state index in [2.05, 4.69) is 0 Å². The van der Waals surface area contributed by atoms with Gasteiger partial charge in [0.05, 0.1) is 17.8 Å². The molecule has 96 valence electrons. The number of anilines is 1. The molecule has 0 heterocycles. The summed E-state index contributed by atoms with van der Waals surface area (Å²) in [5.74, 6) is -1.74. The molecule has 0 aliphatic rings. The standard InChI is InChI=1S/C9H11FN2O3S.ClH/c1-16(14,15)9-6(12)3-2-5(10)8(9)7(13)4-11;/h2-3H,4,11-12H2,1H3;1H. The number of Topliss-reactive ketones (excluding diaryl/α,β-unsaturated/α-hetero) is 1. The van der Waals surface area contributed by atoms with Gasteiger partial charge in [-0.25, -0.2) is 12.8 Å². The van der Waals surface area contributed by atoms with Gasteiger partial charge in [-0.05, 0) is 12.1 Å². The maximum atomic E-state index is 13.4. The molecule has 0 fully saturated rings. The number of halogens is 2. The van der Waals surface area contributed by atoms with E-state index >= 15 is 0 Å². The molecule has 0 unspecified atom stereocenters. The summed E-state index contributed by atoms with van der Waals surface area (Å²) in [5.41, 5.74) is 9.78. The molecule has 0 bridgehead atoms. The lowest BCUT2D eigenvalue weighted by Gasteiger charge is -2.09. The Morgan fingerprint density at radius 1 is 1.41 bits per heavy atom. The smallest absolute Gasteiger partial charge is 0.180 e. The Morgan fingerprint density at radius 3 is 2.35 bits per heavy atom. The van der Waals surface area contributed by atoms with Gasteiger partial charge in [-0.2, -0.15) is 0 Å². The third kappa shape index (κ3) is 3.15. The predicted molar refractivity (Wildman–Crippen MR) is 64.6 cm³/mol. The zero-order chi connectivity index (χ0) is 12.5.